The molecule has 0 fully saturated rings. The number of benzene rings is 6. The maximum absolute atomic E-state index is 5.20. The van der Waals surface area contributed by atoms with Gasteiger partial charge in [-0.05, 0) is 52.1 Å². The van der Waals surface area contributed by atoms with Gasteiger partial charge in [-0.25, -0.2) is 19.9 Å². The van der Waals surface area contributed by atoms with Gasteiger partial charge in [0.2, 0.25) is 0 Å². The minimum atomic E-state index is 0.738. The topological polar surface area (TPSA) is 51.6 Å². The van der Waals surface area contributed by atoms with E-state index in [4.69, 9.17) is 15.0 Å². The van der Waals surface area contributed by atoms with Crippen molar-refractivity contribution in [2.45, 2.75) is 6.42 Å². The lowest BCUT2D eigenvalue weighted by molar-refractivity contribution is 1.13. The van der Waals surface area contributed by atoms with Crippen molar-refractivity contribution in [3.05, 3.63) is 169 Å². The van der Waals surface area contributed by atoms with Crippen LogP contribution in [0, 0.1) is 0 Å². The van der Waals surface area contributed by atoms with E-state index in [1.54, 1.807) is 17.7 Å². The second-order valence-electron chi connectivity index (χ2n) is 12.7. The highest BCUT2D eigenvalue weighted by molar-refractivity contribution is 7.26. The van der Waals surface area contributed by atoms with Gasteiger partial charge in [-0.15, -0.1) is 11.3 Å². The monoisotopic (exact) mass is 656 g/mol. The van der Waals surface area contributed by atoms with E-state index in [9.17, 15) is 0 Å². The van der Waals surface area contributed by atoms with E-state index in [-0.39, 0.29) is 0 Å². The smallest absolute Gasteiger partial charge is 0.160 e. The Labute approximate surface area is 293 Å². The lowest BCUT2D eigenvalue weighted by Crippen LogP contribution is -1.94. The quantitative estimate of drug-likeness (QED) is 0.185. The predicted octanol–water partition coefficient (Wildman–Crippen LogP) is 11.5. The Morgan fingerprint density at radius 2 is 1.04 bits per heavy atom. The lowest BCUT2D eigenvalue weighted by Gasteiger charge is -2.11. The molecule has 0 radical (unpaired) electrons. The Hall–Kier alpha value is -6.30. The largest absolute Gasteiger partial charge is 0.236 e. The minimum absolute atomic E-state index is 0.738. The Morgan fingerprint density at radius 3 is 1.80 bits per heavy atom. The molecule has 9 aromatic rings. The van der Waals surface area contributed by atoms with Gasteiger partial charge in [0.05, 0.1) is 27.3 Å². The van der Waals surface area contributed by atoms with Crippen LogP contribution in [0.25, 0.3) is 87.7 Å². The number of rotatable bonds is 5. The molecule has 1 aliphatic carbocycles. The van der Waals surface area contributed by atoms with Gasteiger partial charge < -0.3 is 0 Å². The van der Waals surface area contributed by atoms with Crippen molar-refractivity contribution in [1.29, 1.82) is 0 Å². The van der Waals surface area contributed by atoms with Crippen molar-refractivity contribution in [3.63, 3.8) is 0 Å². The molecule has 0 unspecified atom stereocenters. The molecule has 0 aliphatic heterocycles. The zero-order chi connectivity index (χ0) is 33.0. The third kappa shape index (κ3) is 4.82. The van der Waals surface area contributed by atoms with Crippen molar-refractivity contribution in [3.8, 4) is 67.4 Å². The highest BCUT2D eigenvalue weighted by atomic mass is 32.1. The Morgan fingerprint density at radius 1 is 0.460 bits per heavy atom. The summed E-state index contributed by atoms with van der Waals surface area (Å²) in [5.74, 6) is 0.738. The first-order valence-electron chi connectivity index (χ1n) is 16.8. The zero-order valence-electron chi connectivity index (χ0n) is 26.9. The van der Waals surface area contributed by atoms with Crippen molar-refractivity contribution in [2.75, 3.05) is 0 Å². The molecule has 0 saturated heterocycles. The molecule has 0 saturated carbocycles. The van der Waals surface area contributed by atoms with E-state index in [1.807, 2.05) is 18.2 Å². The first-order chi connectivity index (χ1) is 24.8. The Bertz CT molecular complexity index is 2750. The standard InChI is InChI=1S/C45H28N4S/c1-2-11-28(12-3-1)45-48-41(44-43(49-45)37-21-6-7-22-39(37)50-44)35-19-10-17-32(25-35)30-15-8-14-29(23-30)31-16-9-18-34(24-31)40-38-26-33-13-4-5-20-36(33)42(38)47-27-46-40/h1-25,27H,26H2. The molecule has 10 rings (SSSR count). The molecule has 6 aromatic carbocycles. The van der Waals surface area contributed by atoms with E-state index in [0.717, 1.165) is 83.9 Å². The van der Waals surface area contributed by atoms with Gasteiger partial charge >= 0.3 is 0 Å². The van der Waals surface area contributed by atoms with Crippen LogP contribution < -0.4 is 0 Å². The SMILES string of the molecule is c1ccc(-c2nc(-c3cccc(-c4cccc(-c5cccc(-c6ncnc7c6Cc6ccccc6-7)c5)c4)c3)c3sc4ccccc4c3n2)cc1. The van der Waals surface area contributed by atoms with Crippen LogP contribution >= 0.6 is 11.3 Å². The molecule has 0 amide bonds. The summed E-state index contributed by atoms with van der Waals surface area (Å²) in [5, 5.41) is 1.16. The zero-order valence-corrected chi connectivity index (χ0v) is 27.7. The van der Waals surface area contributed by atoms with Crippen LogP contribution in [-0.2, 0) is 6.42 Å². The molecule has 0 spiro atoms. The van der Waals surface area contributed by atoms with Crippen LogP contribution in [0.4, 0.5) is 0 Å². The fraction of sp³-hybridized carbons (Fsp3) is 0.0222. The van der Waals surface area contributed by atoms with Gasteiger partial charge in [-0.1, -0.05) is 127 Å². The van der Waals surface area contributed by atoms with Gasteiger partial charge in [0.25, 0.3) is 0 Å². The van der Waals surface area contributed by atoms with Crippen LogP contribution in [-0.4, -0.2) is 19.9 Å². The van der Waals surface area contributed by atoms with Crippen LogP contribution in [0.2, 0.25) is 0 Å². The molecule has 3 aromatic heterocycles. The average Bonchev–Trinajstić information content (AvgIpc) is 3.77. The van der Waals surface area contributed by atoms with Crippen LogP contribution in [0.15, 0.2) is 158 Å². The average molecular weight is 657 g/mol. The van der Waals surface area contributed by atoms with Crippen molar-refractivity contribution >= 4 is 31.6 Å². The third-order valence-electron chi connectivity index (χ3n) is 9.64. The second-order valence-corrected chi connectivity index (χ2v) is 13.7. The predicted molar refractivity (Wildman–Crippen MR) is 206 cm³/mol. The van der Waals surface area contributed by atoms with Crippen LogP contribution in [0.1, 0.15) is 11.1 Å². The molecular weight excluding hydrogens is 629 g/mol. The first-order valence-corrected chi connectivity index (χ1v) is 17.6. The molecule has 0 bridgehead atoms. The number of hydrogen-bond acceptors (Lipinski definition) is 5. The molecule has 4 nitrogen and oxygen atoms in total. The van der Waals surface area contributed by atoms with Gasteiger partial charge in [0, 0.05) is 44.3 Å². The molecule has 0 N–H and O–H groups in total. The van der Waals surface area contributed by atoms with Gasteiger partial charge in [-0.2, -0.15) is 0 Å². The molecule has 50 heavy (non-hydrogen) atoms. The number of thiophene rings is 1. The Kier molecular flexibility index (Phi) is 6.71. The van der Waals surface area contributed by atoms with E-state index < -0.39 is 0 Å². The second kappa shape index (κ2) is 11.7. The van der Waals surface area contributed by atoms with Crippen molar-refractivity contribution in [1.82, 2.24) is 19.9 Å². The highest BCUT2D eigenvalue weighted by Gasteiger charge is 2.24. The van der Waals surface area contributed by atoms with Gasteiger partial charge in [0.1, 0.15) is 6.33 Å². The maximum Gasteiger partial charge on any atom is 0.160 e. The summed E-state index contributed by atoms with van der Waals surface area (Å²) in [6, 6.07) is 53.5. The maximum atomic E-state index is 5.20. The molecule has 1 aliphatic rings. The van der Waals surface area contributed by atoms with Crippen LogP contribution in [0.5, 0.6) is 0 Å². The first kappa shape index (κ1) is 28.7. The third-order valence-corrected chi connectivity index (χ3v) is 10.8. The molecule has 5 heteroatoms. The Balaban J connectivity index is 1.05. The van der Waals surface area contributed by atoms with Gasteiger partial charge in [-0.3, -0.25) is 0 Å². The number of aromatic nitrogens is 4. The number of hydrogen-bond donors (Lipinski definition) is 0. The summed E-state index contributed by atoms with van der Waals surface area (Å²) < 4.78 is 2.32. The van der Waals surface area contributed by atoms with E-state index in [2.05, 4.69) is 138 Å². The number of nitrogens with zero attached hydrogens (tertiary/aromatic N) is 4. The summed E-state index contributed by atoms with van der Waals surface area (Å²) in [6.07, 6.45) is 2.55. The molecule has 3 heterocycles. The van der Waals surface area contributed by atoms with E-state index >= 15 is 0 Å². The summed E-state index contributed by atoms with van der Waals surface area (Å²) in [5.41, 5.74) is 15.5. The minimum Gasteiger partial charge on any atom is -0.236 e. The summed E-state index contributed by atoms with van der Waals surface area (Å²) in [4.78, 5) is 19.8. The van der Waals surface area contributed by atoms with E-state index in [0.29, 0.717) is 0 Å². The fourth-order valence-electron chi connectivity index (χ4n) is 7.23. The molecular formula is C45H28N4S. The summed E-state index contributed by atoms with van der Waals surface area (Å²) in [7, 11) is 0. The van der Waals surface area contributed by atoms with Crippen molar-refractivity contribution < 1.29 is 0 Å². The lowest BCUT2D eigenvalue weighted by atomic mass is 9.95. The van der Waals surface area contributed by atoms with E-state index in [1.165, 1.54) is 21.4 Å². The summed E-state index contributed by atoms with van der Waals surface area (Å²) in [6.45, 7) is 0. The normalized spacial score (nSPS) is 11.9. The van der Waals surface area contributed by atoms with Crippen molar-refractivity contribution in [2.24, 2.45) is 0 Å². The molecule has 234 valence electrons. The highest BCUT2D eigenvalue weighted by Crippen LogP contribution is 2.42. The fourth-order valence-corrected chi connectivity index (χ4v) is 8.38. The molecule has 0 atom stereocenters. The number of fused-ring (bicyclic) bond motifs is 6. The van der Waals surface area contributed by atoms with Crippen LogP contribution in [0.3, 0.4) is 0 Å². The summed E-state index contributed by atoms with van der Waals surface area (Å²) >= 11 is 1.76. The van der Waals surface area contributed by atoms with Gasteiger partial charge in [0.15, 0.2) is 5.82 Å².